The lowest BCUT2D eigenvalue weighted by Gasteiger charge is -2.26. The molecule has 13 heteroatoms. The number of thiol groups is 1. The van der Waals surface area contributed by atoms with E-state index in [4.69, 9.17) is 29.5 Å². The third-order valence-electron chi connectivity index (χ3n) is 7.05. The monoisotopic (exact) mass is 690 g/mol. The second-order valence-electron chi connectivity index (χ2n) is 10.6. The Balaban J connectivity index is 0.000000360. The number of methoxy groups -OCH3 is 3. The minimum absolute atomic E-state index is 0.131. The average Bonchev–Trinajstić information content (AvgIpc) is 3.10. The van der Waals surface area contributed by atoms with Gasteiger partial charge < -0.3 is 43.7 Å². The number of benzene rings is 3. The molecule has 0 saturated carbocycles. The van der Waals surface area contributed by atoms with E-state index in [9.17, 15) is 14.4 Å². The van der Waals surface area contributed by atoms with E-state index in [1.54, 1.807) is 57.2 Å². The summed E-state index contributed by atoms with van der Waals surface area (Å²) in [7, 11) is 3.94. The number of hydrogen-bond acceptors (Lipinski definition) is 13. The van der Waals surface area contributed by atoms with E-state index in [2.05, 4.69) is 26.8 Å². The molecule has 0 heterocycles. The molecular formula is C35H46O12S. The molecule has 0 amide bonds. The Morgan fingerprint density at radius 3 is 1.02 bits per heavy atom. The minimum Gasteiger partial charge on any atom is -0.508 e. The molecule has 12 nitrogen and oxygen atoms in total. The predicted octanol–water partition coefficient (Wildman–Crippen LogP) is 6.21. The van der Waals surface area contributed by atoms with Gasteiger partial charge in [0.05, 0.1) is 21.3 Å². The smallest absolute Gasteiger partial charge is 0.360 e. The van der Waals surface area contributed by atoms with Gasteiger partial charge in [-0.15, -0.1) is 12.6 Å². The molecule has 0 aromatic heterocycles. The van der Waals surface area contributed by atoms with Gasteiger partial charge in [-0.3, -0.25) is 0 Å². The Morgan fingerprint density at radius 2 is 0.792 bits per heavy atom. The maximum atomic E-state index is 11.5. The Kier molecular flexibility index (Phi) is 16.4. The molecule has 0 bridgehead atoms. The molecule has 3 aromatic carbocycles. The van der Waals surface area contributed by atoms with Crippen molar-refractivity contribution in [2.75, 3.05) is 21.3 Å². The van der Waals surface area contributed by atoms with E-state index in [1.807, 2.05) is 13.8 Å². The molecule has 3 rings (SSSR count). The summed E-state index contributed by atoms with van der Waals surface area (Å²) in [6.45, 7) is 8.80. The van der Waals surface area contributed by atoms with E-state index in [0.717, 1.165) is 0 Å². The number of rotatable bonds is 12. The highest BCUT2D eigenvalue weighted by atomic mass is 32.1. The predicted molar refractivity (Wildman–Crippen MR) is 182 cm³/mol. The number of esters is 3. The van der Waals surface area contributed by atoms with Crippen LogP contribution in [0.4, 0.5) is 0 Å². The maximum absolute atomic E-state index is 11.5. The van der Waals surface area contributed by atoms with Crippen LogP contribution in [0.15, 0.2) is 72.8 Å². The van der Waals surface area contributed by atoms with Crippen molar-refractivity contribution in [3.05, 3.63) is 72.8 Å². The summed E-state index contributed by atoms with van der Waals surface area (Å²) in [5, 5.41) is 27.3. The van der Waals surface area contributed by atoms with E-state index >= 15 is 0 Å². The first-order valence-electron chi connectivity index (χ1n) is 15.0. The van der Waals surface area contributed by atoms with Crippen LogP contribution in [0.3, 0.4) is 0 Å². The van der Waals surface area contributed by atoms with Crippen molar-refractivity contribution in [3.63, 3.8) is 0 Å². The molecular weight excluding hydrogens is 644 g/mol. The zero-order valence-corrected chi connectivity index (χ0v) is 29.4. The van der Waals surface area contributed by atoms with Gasteiger partial charge >= 0.3 is 17.9 Å². The molecule has 264 valence electrons. The van der Waals surface area contributed by atoms with Gasteiger partial charge in [0.1, 0.15) is 34.5 Å². The Morgan fingerprint density at radius 1 is 0.521 bits per heavy atom. The summed E-state index contributed by atoms with van der Waals surface area (Å²) in [5.41, 5.74) is -1.99. The summed E-state index contributed by atoms with van der Waals surface area (Å²) in [4.78, 5) is 33.2. The van der Waals surface area contributed by atoms with Gasteiger partial charge in [0, 0.05) is 6.42 Å². The lowest BCUT2D eigenvalue weighted by molar-refractivity contribution is -0.158. The molecule has 0 spiro atoms. The van der Waals surface area contributed by atoms with Crippen molar-refractivity contribution in [2.45, 2.75) is 70.0 Å². The van der Waals surface area contributed by atoms with Gasteiger partial charge in [0.2, 0.25) is 16.1 Å². The third kappa shape index (κ3) is 12.4. The summed E-state index contributed by atoms with van der Waals surface area (Å²) in [6.07, 6.45) is 1.37. The van der Waals surface area contributed by atoms with Gasteiger partial charge in [-0.25, -0.2) is 14.4 Å². The number of phenols is 3. The number of carbonyl (C=O) groups excluding carboxylic acids is 3. The van der Waals surface area contributed by atoms with Crippen LogP contribution in [0, 0.1) is 0 Å². The SMILES string of the molecule is CCC(C)(Oc1ccc(O)cc1)C(=O)OC.CC[C@@](C)(Oc1ccc(O)cc1)C(=O)OC.CC[C@](S)(Oc1ccc(O)cc1)C(=O)OC. The van der Waals surface area contributed by atoms with Crippen LogP contribution in [-0.2, 0) is 28.6 Å². The summed E-state index contributed by atoms with van der Waals surface area (Å²) >= 11 is 4.17. The number of carbonyl (C=O) groups is 3. The normalized spacial score (nSPS) is 13.9. The molecule has 0 aliphatic heterocycles. The van der Waals surface area contributed by atoms with E-state index in [0.29, 0.717) is 36.5 Å². The fourth-order valence-electron chi connectivity index (χ4n) is 3.62. The zero-order chi connectivity index (χ0) is 36.5. The first kappa shape index (κ1) is 41.2. The Hall–Kier alpha value is -4.78. The van der Waals surface area contributed by atoms with Crippen LogP contribution >= 0.6 is 12.6 Å². The molecule has 0 saturated heterocycles. The van der Waals surface area contributed by atoms with Crippen molar-refractivity contribution in [1.29, 1.82) is 0 Å². The average molecular weight is 691 g/mol. The zero-order valence-electron chi connectivity index (χ0n) is 28.5. The molecule has 3 atom stereocenters. The van der Waals surface area contributed by atoms with Crippen molar-refractivity contribution in [2.24, 2.45) is 0 Å². The van der Waals surface area contributed by atoms with Gasteiger partial charge in [0.25, 0.3) is 0 Å². The van der Waals surface area contributed by atoms with Crippen LogP contribution in [0.5, 0.6) is 34.5 Å². The fraction of sp³-hybridized carbons (Fsp3) is 0.400. The molecule has 0 aliphatic rings. The number of aromatic hydroxyl groups is 3. The van der Waals surface area contributed by atoms with Gasteiger partial charge in [-0.05, 0) is 99.5 Å². The summed E-state index contributed by atoms with van der Waals surface area (Å²) < 4.78 is 30.6. The largest absolute Gasteiger partial charge is 0.508 e. The number of hydrogen-bond donors (Lipinski definition) is 4. The van der Waals surface area contributed by atoms with E-state index in [1.165, 1.54) is 57.7 Å². The van der Waals surface area contributed by atoms with Crippen LogP contribution in [0.1, 0.15) is 53.9 Å². The lowest BCUT2D eigenvalue weighted by atomic mass is 10.0. The van der Waals surface area contributed by atoms with Crippen molar-refractivity contribution >= 4 is 30.5 Å². The van der Waals surface area contributed by atoms with Gasteiger partial charge in [-0.1, -0.05) is 20.8 Å². The summed E-state index contributed by atoms with van der Waals surface area (Å²) in [6, 6.07) is 18.5. The molecule has 0 aliphatic carbocycles. The highest BCUT2D eigenvalue weighted by Gasteiger charge is 2.37. The maximum Gasteiger partial charge on any atom is 0.360 e. The van der Waals surface area contributed by atoms with Crippen LogP contribution in [0.25, 0.3) is 0 Å². The third-order valence-corrected chi connectivity index (χ3v) is 7.64. The molecule has 48 heavy (non-hydrogen) atoms. The lowest BCUT2D eigenvalue weighted by Crippen LogP contribution is -2.41. The van der Waals surface area contributed by atoms with Crippen molar-refractivity contribution in [3.8, 4) is 34.5 Å². The van der Waals surface area contributed by atoms with Crippen LogP contribution < -0.4 is 14.2 Å². The fourth-order valence-corrected chi connectivity index (χ4v) is 3.82. The molecule has 3 aromatic rings. The van der Waals surface area contributed by atoms with Gasteiger partial charge in [-0.2, -0.15) is 0 Å². The molecule has 3 N–H and O–H groups in total. The topological polar surface area (TPSA) is 167 Å². The highest BCUT2D eigenvalue weighted by Crippen LogP contribution is 2.28. The first-order chi connectivity index (χ1) is 22.5. The van der Waals surface area contributed by atoms with Crippen LogP contribution in [0.2, 0.25) is 0 Å². The van der Waals surface area contributed by atoms with Crippen molar-refractivity contribution in [1.82, 2.24) is 0 Å². The molecule has 0 fully saturated rings. The first-order valence-corrected chi connectivity index (χ1v) is 15.4. The second-order valence-corrected chi connectivity index (χ2v) is 11.3. The number of ether oxygens (including phenoxy) is 6. The Labute approximate surface area is 286 Å². The standard InChI is InChI=1S/2C12H16O4.C11H14O4S/c2*1-4-12(2,11(14)15-3)16-10-7-5-9(13)6-8-10;1-3-11(16,10(13)14-2)15-9-6-4-8(12)5-7-9/h2*5-8,13H,4H2,1-3H3;4-7,12,16H,3H2,1-2H3/t12-;;11-/m1.1/s1. The molecule has 1 unspecified atom stereocenters. The van der Waals surface area contributed by atoms with Crippen molar-refractivity contribution < 1.29 is 58.1 Å². The van der Waals surface area contributed by atoms with Gasteiger partial charge in [0.15, 0.2) is 0 Å². The number of phenolic OH excluding ortho intramolecular Hbond substituents is 3. The minimum atomic E-state index is -1.30. The highest BCUT2D eigenvalue weighted by molar-refractivity contribution is 7.82. The Bertz CT molecular complexity index is 1250. The van der Waals surface area contributed by atoms with E-state index in [-0.39, 0.29) is 17.2 Å². The summed E-state index contributed by atoms with van der Waals surface area (Å²) in [5.74, 6) is 0.552. The second kappa shape index (κ2) is 19.1. The van der Waals surface area contributed by atoms with E-state index < -0.39 is 34.0 Å². The molecule has 0 radical (unpaired) electrons. The van der Waals surface area contributed by atoms with Crippen LogP contribution in [-0.4, -0.2) is 70.7 Å². The quantitative estimate of drug-likeness (QED) is 0.0736.